The maximum absolute atomic E-state index is 11.9. The van der Waals surface area contributed by atoms with Gasteiger partial charge in [0.15, 0.2) is 0 Å². The smallest absolute Gasteiger partial charge is 0.410 e. The predicted octanol–water partition coefficient (Wildman–Crippen LogP) is 3.26. The third-order valence-corrected chi connectivity index (χ3v) is 3.60. The molecule has 1 amide bonds. The van der Waals surface area contributed by atoms with Crippen molar-refractivity contribution < 1.29 is 9.53 Å². The van der Waals surface area contributed by atoms with Crippen LogP contribution in [0.15, 0.2) is 24.3 Å². The maximum Gasteiger partial charge on any atom is 0.410 e. The summed E-state index contributed by atoms with van der Waals surface area (Å²) in [6.45, 7) is 11.3. The molecule has 4 heteroatoms. The van der Waals surface area contributed by atoms with Crippen LogP contribution in [0.5, 0.6) is 0 Å². The average Bonchev–Trinajstić information content (AvgIpc) is 2.31. The van der Waals surface area contributed by atoms with Crippen LogP contribution in [0.1, 0.15) is 44.9 Å². The molecule has 1 fully saturated rings. The lowest BCUT2D eigenvalue weighted by Gasteiger charge is -2.41. The van der Waals surface area contributed by atoms with Crippen molar-refractivity contribution in [3.8, 4) is 0 Å². The van der Waals surface area contributed by atoms with Crippen LogP contribution in [0, 0.1) is 6.92 Å². The first-order valence-corrected chi connectivity index (χ1v) is 7.55. The number of nitrogens with zero attached hydrogens (tertiary/aromatic N) is 1. The molecule has 21 heavy (non-hydrogen) atoms. The van der Waals surface area contributed by atoms with Gasteiger partial charge in [-0.05, 0) is 40.2 Å². The Hall–Kier alpha value is -1.55. The van der Waals surface area contributed by atoms with Gasteiger partial charge in [-0.15, -0.1) is 0 Å². The second-order valence-corrected chi connectivity index (χ2v) is 6.88. The van der Waals surface area contributed by atoms with Crippen LogP contribution in [0.4, 0.5) is 4.79 Å². The van der Waals surface area contributed by atoms with E-state index >= 15 is 0 Å². The number of hydrogen-bond donors (Lipinski definition) is 1. The summed E-state index contributed by atoms with van der Waals surface area (Å²) in [6.07, 6.45) is -0.219. The van der Waals surface area contributed by atoms with Crippen LogP contribution in [0.2, 0.25) is 0 Å². The van der Waals surface area contributed by atoms with Crippen molar-refractivity contribution in [2.45, 2.75) is 52.3 Å². The van der Waals surface area contributed by atoms with Crippen molar-refractivity contribution in [2.75, 3.05) is 13.1 Å². The number of rotatable bonds is 3. The van der Waals surface area contributed by atoms with Crippen LogP contribution in [0.25, 0.3) is 0 Å². The summed E-state index contributed by atoms with van der Waals surface area (Å²) >= 11 is 0. The summed E-state index contributed by atoms with van der Waals surface area (Å²) in [6, 6.07) is 9.18. The summed E-state index contributed by atoms with van der Waals surface area (Å²) in [7, 11) is 0. The van der Waals surface area contributed by atoms with Crippen molar-refractivity contribution in [1.29, 1.82) is 0 Å². The van der Waals surface area contributed by atoms with Crippen LogP contribution in [-0.2, 0) is 4.74 Å². The van der Waals surface area contributed by atoms with Crippen molar-refractivity contribution in [3.63, 3.8) is 0 Å². The van der Waals surface area contributed by atoms with Gasteiger partial charge in [-0.25, -0.2) is 4.79 Å². The van der Waals surface area contributed by atoms with Crippen molar-refractivity contribution in [3.05, 3.63) is 35.4 Å². The number of likely N-dealkylation sites (tertiary alicyclic amines) is 1. The van der Waals surface area contributed by atoms with Gasteiger partial charge in [-0.2, -0.15) is 0 Å². The Morgan fingerprint density at radius 1 is 1.29 bits per heavy atom. The molecule has 1 saturated heterocycles. The lowest BCUT2D eigenvalue weighted by molar-refractivity contribution is 0.00434. The van der Waals surface area contributed by atoms with E-state index in [2.05, 4.69) is 43.4 Å². The van der Waals surface area contributed by atoms with E-state index < -0.39 is 5.60 Å². The van der Waals surface area contributed by atoms with Gasteiger partial charge in [0.25, 0.3) is 0 Å². The third-order valence-electron chi connectivity index (χ3n) is 3.60. The van der Waals surface area contributed by atoms with Gasteiger partial charge >= 0.3 is 6.09 Å². The third kappa shape index (κ3) is 4.46. The fourth-order valence-corrected chi connectivity index (χ4v) is 2.36. The van der Waals surface area contributed by atoms with E-state index in [1.54, 1.807) is 4.90 Å². The van der Waals surface area contributed by atoms with E-state index in [9.17, 15) is 4.79 Å². The fraction of sp³-hybridized carbons (Fsp3) is 0.588. The second-order valence-electron chi connectivity index (χ2n) is 6.88. The Kier molecular flexibility index (Phi) is 4.57. The molecule has 4 nitrogen and oxygen atoms in total. The molecule has 0 radical (unpaired) electrons. The van der Waals surface area contributed by atoms with E-state index in [1.807, 2.05) is 20.8 Å². The molecule has 0 spiro atoms. The zero-order valence-electron chi connectivity index (χ0n) is 13.6. The Morgan fingerprint density at radius 3 is 2.38 bits per heavy atom. The van der Waals surface area contributed by atoms with Gasteiger partial charge in [0.05, 0.1) is 0 Å². The minimum Gasteiger partial charge on any atom is -0.444 e. The molecule has 2 rings (SSSR count). The molecule has 1 heterocycles. The molecule has 0 aliphatic carbocycles. The first kappa shape index (κ1) is 15.8. The lowest BCUT2D eigenvalue weighted by Crippen LogP contribution is -2.60. The number of carbonyl (C=O) groups is 1. The SMILES string of the molecule is Cc1ccc([C@@H](C)NC2CN(C(=O)OC(C)(C)C)C2)cc1. The largest absolute Gasteiger partial charge is 0.444 e. The highest BCUT2D eigenvalue weighted by atomic mass is 16.6. The maximum atomic E-state index is 11.9. The quantitative estimate of drug-likeness (QED) is 0.929. The van der Waals surface area contributed by atoms with E-state index in [1.165, 1.54) is 11.1 Å². The topological polar surface area (TPSA) is 41.6 Å². The molecule has 116 valence electrons. The standard InChI is InChI=1S/C17H26N2O2/c1-12-6-8-14(9-7-12)13(2)18-15-10-19(11-15)16(20)21-17(3,4)5/h6-9,13,15,18H,10-11H2,1-5H3/t13-/m1/s1. The number of ether oxygens (including phenoxy) is 1. The van der Waals surface area contributed by atoms with Crippen molar-refractivity contribution in [2.24, 2.45) is 0 Å². The number of aryl methyl sites for hydroxylation is 1. The minimum atomic E-state index is -0.426. The number of carbonyl (C=O) groups excluding carboxylic acids is 1. The van der Waals surface area contributed by atoms with Gasteiger partial charge in [-0.3, -0.25) is 0 Å². The van der Waals surface area contributed by atoms with E-state index in [0.717, 1.165) is 0 Å². The Labute approximate surface area is 127 Å². The predicted molar refractivity (Wildman–Crippen MR) is 84.3 cm³/mol. The summed E-state index contributed by atoms with van der Waals surface area (Å²) in [5.74, 6) is 0. The minimum absolute atomic E-state index is 0.219. The van der Waals surface area contributed by atoms with Gasteiger partial charge in [0, 0.05) is 25.2 Å². The molecule has 1 aromatic rings. The molecule has 1 aromatic carbocycles. The molecule has 0 bridgehead atoms. The molecule has 1 aliphatic heterocycles. The highest BCUT2D eigenvalue weighted by molar-refractivity contribution is 5.69. The van der Waals surface area contributed by atoms with Gasteiger partial charge in [0.2, 0.25) is 0 Å². The molecule has 0 saturated carbocycles. The molecule has 0 aromatic heterocycles. The van der Waals surface area contributed by atoms with Crippen LogP contribution < -0.4 is 5.32 Å². The van der Waals surface area contributed by atoms with Crippen molar-refractivity contribution >= 4 is 6.09 Å². The Balaban J connectivity index is 1.77. The zero-order valence-corrected chi connectivity index (χ0v) is 13.6. The Bertz CT molecular complexity index is 485. The van der Waals surface area contributed by atoms with Gasteiger partial charge in [-0.1, -0.05) is 29.8 Å². The molecule has 1 aliphatic rings. The number of hydrogen-bond acceptors (Lipinski definition) is 3. The highest BCUT2D eigenvalue weighted by Crippen LogP contribution is 2.19. The van der Waals surface area contributed by atoms with Crippen LogP contribution in [0.3, 0.4) is 0 Å². The summed E-state index contributed by atoms with van der Waals surface area (Å²) in [5, 5.41) is 3.55. The Morgan fingerprint density at radius 2 is 1.86 bits per heavy atom. The average molecular weight is 290 g/mol. The van der Waals surface area contributed by atoms with Gasteiger partial charge in [0.1, 0.15) is 5.60 Å². The molecule has 1 atom stereocenters. The lowest BCUT2D eigenvalue weighted by atomic mass is 10.0. The van der Waals surface area contributed by atoms with E-state index in [0.29, 0.717) is 19.1 Å². The second kappa shape index (κ2) is 6.06. The summed E-state index contributed by atoms with van der Waals surface area (Å²) < 4.78 is 5.35. The normalized spacial score (nSPS) is 17.3. The molecule has 1 N–H and O–H groups in total. The number of nitrogens with one attached hydrogen (secondary N) is 1. The molecular formula is C17H26N2O2. The monoisotopic (exact) mass is 290 g/mol. The molecule has 0 unspecified atom stereocenters. The zero-order chi connectivity index (χ0) is 15.6. The van der Waals surface area contributed by atoms with Crippen LogP contribution in [-0.4, -0.2) is 35.7 Å². The van der Waals surface area contributed by atoms with Gasteiger partial charge < -0.3 is 15.0 Å². The first-order chi connectivity index (χ1) is 9.74. The summed E-state index contributed by atoms with van der Waals surface area (Å²) in [4.78, 5) is 13.6. The number of amides is 1. The van der Waals surface area contributed by atoms with E-state index in [-0.39, 0.29) is 12.1 Å². The highest BCUT2D eigenvalue weighted by Gasteiger charge is 2.34. The number of benzene rings is 1. The fourth-order valence-electron chi connectivity index (χ4n) is 2.36. The molecular weight excluding hydrogens is 264 g/mol. The van der Waals surface area contributed by atoms with Crippen LogP contribution >= 0.6 is 0 Å². The summed E-state index contributed by atoms with van der Waals surface area (Å²) in [5.41, 5.74) is 2.12. The first-order valence-electron chi connectivity index (χ1n) is 7.55. The van der Waals surface area contributed by atoms with E-state index in [4.69, 9.17) is 4.74 Å². The van der Waals surface area contributed by atoms with Crippen molar-refractivity contribution in [1.82, 2.24) is 10.2 Å².